The molecule has 0 aliphatic rings. The third-order valence-corrected chi connectivity index (χ3v) is 7.02. The van der Waals surface area contributed by atoms with Gasteiger partial charge < -0.3 is 15.4 Å². The lowest BCUT2D eigenvalue weighted by Crippen LogP contribution is -2.20. The van der Waals surface area contributed by atoms with Crippen molar-refractivity contribution in [1.82, 2.24) is 10.4 Å². The van der Waals surface area contributed by atoms with Crippen LogP contribution in [0.4, 0.5) is 16.5 Å². The van der Waals surface area contributed by atoms with Crippen LogP contribution in [-0.2, 0) is 4.79 Å². The number of nitrogens with one attached hydrogen (secondary N) is 3. The van der Waals surface area contributed by atoms with E-state index in [0.29, 0.717) is 16.3 Å². The molecule has 0 fully saturated rings. The van der Waals surface area contributed by atoms with Crippen LogP contribution in [0.25, 0.3) is 11.3 Å². The molecule has 8 nitrogen and oxygen atoms in total. The van der Waals surface area contributed by atoms with Gasteiger partial charge in [-0.3, -0.25) is 9.59 Å². The average Bonchev–Trinajstić information content (AvgIpc) is 3.47. The highest BCUT2D eigenvalue weighted by molar-refractivity contribution is 7.14. The van der Waals surface area contributed by atoms with Gasteiger partial charge in [0.2, 0.25) is 0 Å². The van der Waals surface area contributed by atoms with Crippen LogP contribution in [0.5, 0.6) is 5.75 Å². The van der Waals surface area contributed by atoms with E-state index in [9.17, 15) is 9.59 Å². The van der Waals surface area contributed by atoms with Gasteiger partial charge in [-0.15, -0.1) is 11.3 Å². The first kappa shape index (κ1) is 28.5. The Balaban J connectivity index is 1.08. The quantitative estimate of drug-likeness (QED) is 0.116. The van der Waals surface area contributed by atoms with Crippen molar-refractivity contribution in [2.75, 3.05) is 17.2 Å². The van der Waals surface area contributed by atoms with Gasteiger partial charge in [0, 0.05) is 32.9 Å². The summed E-state index contributed by atoms with van der Waals surface area (Å²) in [5.74, 6) is -0.0354. The molecule has 2 amide bonds. The first-order valence-electron chi connectivity index (χ1n) is 12.9. The first-order chi connectivity index (χ1) is 20.4. The number of thiazole rings is 1. The minimum Gasteiger partial charge on any atom is -0.484 e. The summed E-state index contributed by atoms with van der Waals surface area (Å²) in [4.78, 5) is 29.3. The molecule has 0 aliphatic heterocycles. The largest absolute Gasteiger partial charge is 0.484 e. The second-order valence-corrected chi connectivity index (χ2v) is 10.5. The van der Waals surface area contributed by atoms with Crippen LogP contribution >= 0.6 is 22.9 Å². The molecular formula is C32H26ClN5O3S. The van der Waals surface area contributed by atoms with E-state index in [-0.39, 0.29) is 18.4 Å². The summed E-state index contributed by atoms with van der Waals surface area (Å²) >= 11 is 7.43. The minimum absolute atomic E-state index is 0.111. The standard InChI is InChI=1S/C32H26ClN5O3S/c1-21-2-12-26(13-3-21)35-30(39)19-41-28-16-4-22(5-17-28)18-34-38-31(40)24-8-6-23(7-9-24)29-20-42-32(37-29)36-27-14-10-25(33)11-15-27/h2-18,20H,19H2,1H3,(H,35,39)(H,36,37)(H,38,40)/b34-18-. The van der Waals surface area contributed by atoms with E-state index < -0.39 is 0 Å². The van der Waals surface area contributed by atoms with Crippen molar-refractivity contribution in [3.05, 3.63) is 124 Å². The van der Waals surface area contributed by atoms with Crippen LogP contribution in [0.1, 0.15) is 21.5 Å². The average molecular weight is 596 g/mol. The van der Waals surface area contributed by atoms with Crippen LogP contribution in [0.15, 0.2) is 108 Å². The zero-order valence-corrected chi connectivity index (χ0v) is 24.1. The fourth-order valence-corrected chi connectivity index (χ4v) is 4.64. The van der Waals surface area contributed by atoms with Gasteiger partial charge in [-0.05, 0) is 85.3 Å². The lowest BCUT2D eigenvalue weighted by molar-refractivity contribution is -0.118. The molecule has 210 valence electrons. The molecule has 4 aromatic carbocycles. The minimum atomic E-state index is -0.333. The molecule has 0 unspecified atom stereocenters. The lowest BCUT2D eigenvalue weighted by atomic mass is 10.1. The molecule has 0 saturated carbocycles. The van der Waals surface area contributed by atoms with Gasteiger partial charge >= 0.3 is 0 Å². The van der Waals surface area contributed by atoms with Crippen molar-refractivity contribution in [1.29, 1.82) is 0 Å². The van der Waals surface area contributed by atoms with Crippen molar-refractivity contribution in [2.45, 2.75) is 6.92 Å². The summed E-state index contributed by atoms with van der Waals surface area (Å²) in [6.45, 7) is 1.87. The number of halogens is 1. The number of aromatic nitrogens is 1. The molecule has 0 radical (unpaired) electrons. The number of nitrogens with zero attached hydrogens (tertiary/aromatic N) is 2. The highest BCUT2D eigenvalue weighted by atomic mass is 35.5. The summed E-state index contributed by atoms with van der Waals surface area (Å²) in [7, 11) is 0. The maximum Gasteiger partial charge on any atom is 0.271 e. The van der Waals surface area contributed by atoms with Crippen LogP contribution in [0.3, 0.4) is 0 Å². The fraction of sp³-hybridized carbons (Fsp3) is 0.0625. The highest BCUT2D eigenvalue weighted by Gasteiger charge is 2.09. The molecule has 5 aromatic rings. The van der Waals surface area contributed by atoms with Gasteiger partial charge in [0.25, 0.3) is 11.8 Å². The van der Waals surface area contributed by atoms with Gasteiger partial charge in [0.05, 0.1) is 11.9 Å². The van der Waals surface area contributed by atoms with Crippen LogP contribution in [-0.4, -0.2) is 29.6 Å². The van der Waals surface area contributed by atoms with E-state index in [1.54, 1.807) is 36.4 Å². The van der Waals surface area contributed by atoms with Crippen LogP contribution < -0.4 is 20.8 Å². The number of aryl methyl sites for hydroxylation is 1. The molecule has 0 spiro atoms. The molecule has 0 atom stereocenters. The van der Waals surface area contributed by atoms with E-state index in [4.69, 9.17) is 16.3 Å². The molecule has 1 heterocycles. The van der Waals surface area contributed by atoms with Crippen LogP contribution in [0.2, 0.25) is 5.02 Å². The fourth-order valence-electron chi connectivity index (χ4n) is 3.78. The topological polar surface area (TPSA) is 105 Å². The maximum atomic E-state index is 12.5. The zero-order chi connectivity index (χ0) is 29.3. The Bertz CT molecular complexity index is 1680. The number of carbonyl (C=O) groups is 2. The van der Waals surface area contributed by atoms with Crippen molar-refractivity contribution in [3.63, 3.8) is 0 Å². The number of carbonyl (C=O) groups excluding carboxylic acids is 2. The maximum absolute atomic E-state index is 12.5. The third kappa shape index (κ3) is 8.03. The zero-order valence-electron chi connectivity index (χ0n) is 22.5. The number of anilines is 3. The van der Waals surface area contributed by atoms with Gasteiger partial charge in [-0.25, -0.2) is 10.4 Å². The third-order valence-electron chi connectivity index (χ3n) is 6.01. The molecule has 0 saturated heterocycles. The summed E-state index contributed by atoms with van der Waals surface area (Å²) in [5.41, 5.74) is 8.20. The van der Waals surface area contributed by atoms with Gasteiger partial charge in [0.1, 0.15) is 5.75 Å². The molecule has 0 bridgehead atoms. The molecule has 10 heteroatoms. The molecule has 0 aliphatic carbocycles. The van der Waals surface area contributed by atoms with E-state index >= 15 is 0 Å². The van der Waals surface area contributed by atoms with Gasteiger partial charge in [-0.1, -0.05) is 41.4 Å². The molecule has 42 heavy (non-hydrogen) atoms. The normalized spacial score (nSPS) is 10.8. The number of hydrazone groups is 1. The van der Waals surface area contributed by atoms with E-state index in [1.807, 2.05) is 73.0 Å². The summed E-state index contributed by atoms with van der Waals surface area (Å²) in [6, 6.07) is 29.1. The smallest absolute Gasteiger partial charge is 0.271 e. The summed E-state index contributed by atoms with van der Waals surface area (Å²) in [5, 5.41) is 13.5. The number of benzene rings is 4. The monoisotopic (exact) mass is 595 g/mol. The number of amides is 2. The number of rotatable bonds is 10. The SMILES string of the molecule is Cc1ccc(NC(=O)COc2ccc(/C=N\NC(=O)c3ccc(-c4csc(Nc5ccc(Cl)cc5)n4)cc3)cc2)cc1. The number of ether oxygens (including phenoxy) is 1. The second kappa shape index (κ2) is 13.6. The first-order valence-corrected chi connectivity index (χ1v) is 14.2. The Morgan fingerprint density at radius 3 is 2.31 bits per heavy atom. The highest BCUT2D eigenvalue weighted by Crippen LogP contribution is 2.28. The van der Waals surface area contributed by atoms with Crippen LogP contribution in [0, 0.1) is 6.92 Å². The summed E-state index contributed by atoms with van der Waals surface area (Å²) in [6.07, 6.45) is 1.53. The predicted octanol–water partition coefficient (Wildman–Crippen LogP) is 7.30. The Hall–Kier alpha value is -4.99. The Morgan fingerprint density at radius 1 is 0.905 bits per heavy atom. The van der Waals surface area contributed by atoms with E-state index in [0.717, 1.165) is 38.9 Å². The van der Waals surface area contributed by atoms with Crippen molar-refractivity contribution in [2.24, 2.45) is 5.10 Å². The Labute approximate surface area is 252 Å². The lowest BCUT2D eigenvalue weighted by Gasteiger charge is -2.08. The Kier molecular flexibility index (Phi) is 9.23. The van der Waals surface area contributed by atoms with Crippen molar-refractivity contribution in [3.8, 4) is 17.0 Å². The second-order valence-electron chi connectivity index (χ2n) is 9.22. The number of hydrogen-bond donors (Lipinski definition) is 3. The van der Waals surface area contributed by atoms with Gasteiger partial charge in [-0.2, -0.15) is 5.10 Å². The van der Waals surface area contributed by atoms with Crippen molar-refractivity contribution >= 4 is 57.5 Å². The number of hydrogen-bond acceptors (Lipinski definition) is 7. The van der Waals surface area contributed by atoms with E-state index in [1.165, 1.54) is 17.6 Å². The van der Waals surface area contributed by atoms with Crippen molar-refractivity contribution < 1.29 is 14.3 Å². The van der Waals surface area contributed by atoms with Gasteiger partial charge in [0.15, 0.2) is 11.7 Å². The van der Waals surface area contributed by atoms with E-state index in [2.05, 4.69) is 26.1 Å². The molecular weight excluding hydrogens is 570 g/mol. The molecule has 1 aromatic heterocycles. The Morgan fingerprint density at radius 2 is 1.60 bits per heavy atom. The molecule has 3 N–H and O–H groups in total. The predicted molar refractivity (Wildman–Crippen MR) is 169 cm³/mol. The summed E-state index contributed by atoms with van der Waals surface area (Å²) < 4.78 is 5.55. The molecule has 5 rings (SSSR count).